The van der Waals surface area contributed by atoms with Crippen LogP contribution in [0.5, 0.6) is 5.75 Å². The molecule has 2 aromatic carbocycles. The summed E-state index contributed by atoms with van der Waals surface area (Å²) in [6.45, 7) is 6.66. The third-order valence-corrected chi connectivity index (χ3v) is 10.7. The molecule has 2 aliphatic heterocycles. The zero-order valence-electron chi connectivity index (χ0n) is 20.7. The molecule has 0 aromatic heterocycles. The second-order valence-corrected chi connectivity index (χ2v) is 13.2. The van der Waals surface area contributed by atoms with Gasteiger partial charge in [0.2, 0.25) is 20.0 Å². The molecule has 0 spiro atoms. The van der Waals surface area contributed by atoms with Crippen LogP contribution in [0.3, 0.4) is 0 Å². The Hall–Kier alpha value is -2.14. The summed E-state index contributed by atoms with van der Waals surface area (Å²) in [4.78, 5) is 2.54. The van der Waals surface area contributed by atoms with Gasteiger partial charge in [0.15, 0.2) is 0 Å². The van der Waals surface area contributed by atoms with Crippen molar-refractivity contribution in [3.05, 3.63) is 48.0 Å². The van der Waals surface area contributed by atoms with Crippen LogP contribution in [0.4, 0.5) is 5.69 Å². The number of hydrogen-bond acceptors (Lipinski definition) is 6. The van der Waals surface area contributed by atoms with E-state index in [4.69, 9.17) is 4.74 Å². The summed E-state index contributed by atoms with van der Waals surface area (Å²) in [5, 5.41) is 0. The lowest BCUT2D eigenvalue weighted by molar-refractivity contribution is 0.281. The van der Waals surface area contributed by atoms with Gasteiger partial charge in [-0.2, -0.15) is 8.61 Å². The lowest BCUT2D eigenvalue weighted by atomic mass is 10.0. The molecule has 35 heavy (non-hydrogen) atoms. The second-order valence-electron chi connectivity index (χ2n) is 9.33. The summed E-state index contributed by atoms with van der Waals surface area (Å²) < 4.78 is 61.5. The van der Waals surface area contributed by atoms with Crippen LogP contribution < -0.4 is 9.64 Å². The molecule has 0 amide bonds. The van der Waals surface area contributed by atoms with E-state index in [1.54, 1.807) is 41.7 Å². The SMILES string of the molecule is CCc1ccc(S(=O)(=O)N2CCN(c3cc(S(=O)(=O)N4CCC[C@H](C)C4)ccc3OC)CC2)cc1. The molecule has 2 heterocycles. The van der Waals surface area contributed by atoms with Gasteiger partial charge in [0.1, 0.15) is 5.75 Å². The fourth-order valence-electron chi connectivity index (χ4n) is 4.81. The van der Waals surface area contributed by atoms with Crippen molar-refractivity contribution in [2.45, 2.75) is 42.9 Å². The maximum absolute atomic E-state index is 13.3. The zero-order chi connectivity index (χ0) is 25.2. The minimum atomic E-state index is -3.61. The fraction of sp³-hybridized carbons (Fsp3) is 0.520. The van der Waals surface area contributed by atoms with Crippen molar-refractivity contribution in [3.63, 3.8) is 0 Å². The summed E-state index contributed by atoms with van der Waals surface area (Å²) in [5.41, 5.74) is 1.76. The van der Waals surface area contributed by atoms with Gasteiger partial charge in [0.25, 0.3) is 0 Å². The molecular formula is C25H35N3O5S2. The van der Waals surface area contributed by atoms with Gasteiger partial charge in [-0.25, -0.2) is 16.8 Å². The molecular weight excluding hydrogens is 486 g/mol. The minimum absolute atomic E-state index is 0.244. The number of rotatable bonds is 7. The molecule has 0 radical (unpaired) electrons. The summed E-state index contributed by atoms with van der Waals surface area (Å²) in [7, 11) is -5.64. The average molecular weight is 522 g/mol. The Morgan fingerprint density at radius 1 is 0.857 bits per heavy atom. The van der Waals surface area contributed by atoms with Gasteiger partial charge >= 0.3 is 0 Å². The Bertz CT molecular complexity index is 1240. The van der Waals surface area contributed by atoms with E-state index in [0.717, 1.165) is 24.8 Å². The van der Waals surface area contributed by atoms with Gasteiger partial charge in [-0.3, -0.25) is 0 Å². The van der Waals surface area contributed by atoms with E-state index in [2.05, 4.69) is 6.92 Å². The second kappa shape index (κ2) is 10.5. The van der Waals surface area contributed by atoms with Crippen molar-refractivity contribution in [3.8, 4) is 5.75 Å². The lowest BCUT2D eigenvalue weighted by Crippen LogP contribution is -2.48. The Labute approximate surface area is 209 Å². The number of anilines is 1. The van der Waals surface area contributed by atoms with Crippen LogP contribution in [0.1, 0.15) is 32.3 Å². The van der Waals surface area contributed by atoms with E-state index in [1.807, 2.05) is 24.0 Å². The monoisotopic (exact) mass is 521 g/mol. The molecule has 192 valence electrons. The molecule has 2 aromatic rings. The van der Waals surface area contributed by atoms with Crippen molar-refractivity contribution in [2.75, 3.05) is 51.3 Å². The smallest absolute Gasteiger partial charge is 0.243 e. The summed E-state index contributed by atoms with van der Waals surface area (Å²) in [6.07, 6.45) is 2.75. The van der Waals surface area contributed by atoms with E-state index in [0.29, 0.717) is 61.5 Å². The number of nitrogens with zero attached hydrogens (tertiary/aromatic N) is 3. The Balaban J connectivity index is 1.53. The van der Waals surface area contributed by atoms with Crippen LogP contribution in [0.2, 0.25) is 0 Å². The van der Waals surface area contributed by atoms with Crippen molar-refractivity contribution in [2.24, 2.45) is 5.92 Å². The van der Waals surface area contributed by atoms with Gasteiger partial charge in [0.05, 0.1) is 22.6 Å². The quantitative estimate of drug-likeness (QED) is 0.556. The predicted molar refractivity (Wildman–Crippen MR) is 137 cm³/mol. The molecule has 4 rings (SSSR count). The molecule has 2 fully saturated rings. The van der Waals surface area contributed by atoms with E-state index in [1.165, 1.54) is 4.31 Å². The van der Waals surface area contributed by atoms with Gasteiger partial charge < -0.3 is 9.64 Å². The normalized spacial score (nSPS) is 20.7. The molecule has 8 nitrogen and oxygen atoms in total. The van der Waals surface area contributed by atoms with Crippen molar-refractivity contribution < 1.29 is 21.6 Å². The molecule has 0 unspecified atom stereocenters. The first kappa shape index (κ1) is 25.9. The van der Waals surface area contributed by atoms with E-state index >= 15 is 0 Å². The Morgan fingerprint density at radius 3 is 2.09 bits per heavy atom. The van der Waals surface area contributed by atoms with Crippen LogP contribution in [-0.4, -0.2) is 71.8 Å². The zero-order valence-corrected chi connectivity index (χ0v) is 22.3. The highest BCUT2D eigenvalue weighted by Crippen LogP contribution is 2.34. The molecule has 10 heteroatoms. The van der Waals surface area contributed by atoms with Crippen molar-refractivity contribution in [1.82, 2.24) is 8.61 Å². The number of benzene rings is 2. The van der Waals surface area contributed by atoms with Gasteiger partial charge in [-0.15, -0.1) is 0 Å². The van der Waals surface area contributed by atoms with E-state index < -0.39 is 20.0 Å². The molecule has 2 saturated heterocycles. The Kier molecular flexibility index (Phi) is 7.75. The molecule has 0 N–H and O–H groups in total. The number of aryl methyl sites for hydroxylation is 1. The van der Waals surface area contributed by atoms with E-state index in [-0.39, 0.29) is 4.90 Å². The number of piperazine rings is 1. The van der Waals surface area contributed by atoms with Crippen molar-refractivity contribution >= 4 is 25.7 Å². The average Bonchev–Trinajstić information content (AvgIpc) is 2.88. The molecule has 0 aliphatic carbocycles. The predicted octanol–water partition coefficient (Wildman–Crippen LogP) is 3.19. The van der Waals surface area contributed by atoms with Crippen LogP contribution in [0.15, 0.2) is 52.3 Å². The minimum Gasteiger partial charge on any atom is -0.495 e. The van der Waals surface area contributed by atoms with Gasteiger partial charge in [-0.05, 0) is 61.1 Å². The maximum Gasteiger partial charge on any atom is 0.243 e. The maximum atomic E-state index is 13.3. The molecule has 1 atom stereocenters. The number of ether oxygens (including phenoxy) is 1. The summed E-state index contributed by atoms with van der Waals surface area (Å²) in [6, 6.07) is 12.0. The van der Waals surface area contributed by atoms with Crippen LogP contribution >= 0.6 is 0 Å². The first-order chi connectivity index (χ1) is 16.7. The highest BCUT2D eigenvalue weighted by molar-refractivity contribution is 7.89. The third kappa shape index (κ3) is 5.35. The van der Waals surface area contributed by atoms with Crippen molar-refractivity contribution in [1.29, 1.82) is 0 Å². The number of hydrogen-bond donors (Lipinski definition) is 0. The number of methoxy groups -OCH3 is 1. The number of sulfonamides is 2. The molecule has 0 bridgehead atoms. The fourth-order valence-corrected chi connectivity index (χ4v) is 7.85. The van der Waals surface area contributed by atoms with Crippen LogP contribution in [0, 0.1) is 5.92 Å². The summed E-state index contributed by atoms with van der Waals surface area (Å²) >= 11 is 0. The third-order valence-electron chi connectivity index (χ3n) is 6.96. The standard InChI is InChI=1S/C25H35N3O5S2/c1-4-21-7-9-22(10-8-21)34(29,30)27-16-14-26(15-17-27)24-18-23(11-12-25(24)33-3)35(31,32)28-13-5-6-20(2)19-28/h7-12,18,20H,4-6,13-17,19H2,1-3H3/t20-/m0/s1. The van der Waals surface area contributed by atoms with Crippen LogP contribution in [0.25, 0.3) is 0 Å². The highest BCUT2D eigenvalue weighted by Gasteiger charge is 2.32. The lowest BCUT2D eigenvalue weighted by Gasteiger charge is -2.36. The first-order valence-electron chi connectivity index (χ1n) is 12.2. The van der Waals surface area contributed by atoms with Crippen LogP contribution in [-0.2, 0) is 26.5 Å². The molecule has 0 saturated carbocycles. The summed E-state index contributed by atoms with van der Waals surface area (Å²) in [5.74, 6) is 0.909. The van der Waals surface area contributed by atoms with E-state index in [9.17, 15) is 16.8 Å². The van der Waals surface area contributed by atoms with Gasteiger partial charge in [0, 0.05) is 39.3 Å². The van der Waals surface area contributed by atoms with Gasteiger partial charge in [-0.1, -0.05) is 26.0 Å². The first-order valence-corrected chi connectivity index (χ1v) is 15.1. The Morgan fingerprint density at radius 2 is 1.49 bits per heavy atom. The highest BCUT2D eigenvalue weighted by atomic mass is 32.2. The topological polar surface area (TPSA) is 87.2 Å². The number of piperidine rings is 1. The largest absolute Gasteiger partial charge is 0.495 e. The molecule has 2 aliphatic rings.